The lowest BCUT2D eigenvalue weighted by atomic mass is 10.2. The molecule has 1 heterocycles. The summed E-state index contributed by atoms with van der Waals surface area (Å²) in [5.74, 6) is 0.730. The number of nitriles is 1. The fraction of sp³-hybridized carbons (Fsp3) is 0.357. The summed E-state index contributed by atoms with van der Waals surface area (Å²) in [6, 6.07) is 9.72. The molecule has 0 saturated heterocycles. The molecular weight excluding hydrogens is 254 g/mol. The Bertz CT molecular complexity index is 547. The Morgan fingerprint density at radius 3 is 3.15 bits per heavy atom. The minimum absolute atomic E-state index is 0.0782. The Kier molecular flexibility index (Phi) is 5.55. The quantitative estimate of drug-likeness (QED) is 0.734. The molecule has 1 aromatic heterocycles. The van der Waals surface area contributed by atoms with E-state index < -0.39 is 0 Å². The summed E-state index contributed by atoms with van der Waals surface area (Å²) in [7, 11) is 0. The molecule has 20 heavy (non-hydrogen) atoms. The molecule has 104 valence electrons. The van der Waals surface area contributed by atoms with Crippen LogP contribution >= 0.6 is 0 Å². The Hall–Kier alpha value is -2.39. The van der Waals surface area contributed by atoms with Gasteiger partial charge in [-0.2, -0.15) is 5.26 Å². The largest absolute Gasteiger partial charge is 0.479 e. The second kappa shape index (κ2) is 7.92. The van der Waals surface area contributed by atoms with E-state index in [1.54, 1.807) is 6.20 Å². The van der Waals surface area contributed by atoms with Crippen molar-refractivity contribution in [2.45, 2.75) is 19.5 Å². The molecular formula is C14H17N5O. The van der Waals surface area contributed by atoms with Crippen molar-refractivity contribution in [3.8, 4) is 11.8 Å². The van der Waals surface area contributed by atoms with Crippen molar-refractivity contribution in [2.24, 2.45) is 0 Å². The summed E-state index contributed by atoms with van der Waals surface area (Å²) >= 11 is 0. The van der Waals surface area contributed by atoms with Crippen molar-refractivity contribution in [3.05, 3.63) is 42.2 Å². The van der Waals surface area contributed by atoms with E-state index in [0.717, 1.165) is 37.4 Å². The van der Waals surface area contributed by atoms with Crippen LogP contribution in [-0.4, -0.2) is 28.1 Å². The van der Waals surface area contributed by atoms with E-state index in [9.17, 15) is 0 Å². The van der Waals surface area contributed by atoms with Gasteiger partial charge in [0.25, 0.3) is 0 Å². The summed E-state index contributed by atoms with van der Waals surface area (Å²) in [5.41, 5.74) is 1.14. The summed E-state index contributed by atoms with van der Waals surface area (Å²) in [5, 5.41) is 19.5. The molecule has 0 aliphatic carbocycles. The zero-order valence-corrected chi connectivity index (χ0v) is 11.2. The van der Waals surface area contributed by atoms with Crippen molar-refractivity contribution < 1.29 is 4.74 Å². The van der Waals surface area contributed by atoms with Crippen molar-refractivity contribution in [1.29, 1.82) is 5.26 Å². The predicted molar refractivity (Wildman–Crippen MR) is 73.9 cm³/mol. The number of rotatable bonds is 8. The number of hydrogen-bond donors (Lipinski definition) is 1. The maximum Gasteiger partial charge on any atom is 0.174 e. The fourth-order valence-corrected chi connectivity index (χ4v) is 1.81. The number of aromatic nitrogens is 3. The van der Waals surface area contributed by atoms with Crippen LogP contribution in [0.5, 0.6) is 5.75 Å². The molecule has 2 aromatic rings. The average Bonchev–Trinajstić information content (AvgIpc) is 2.98. The highest BCUT2D eigenvalue weighted by molar-refractivity contribution is 5.28. The highest BCUT2D eigenvalue weighted by atomic mass is 16.5. The Labute approximate surface area is 118 Å². The van der Waals surface area contributed by atoms with Crippen LogP contribution in [0.15, 0.2) is 36.7 Å². The maximum absolute atomic E-state index is 8.48. The lowest BCUT2D eigenvalue weighted by molar-refractivity contribution is 0.367. The van der Waals surface area contributed by atoms with Gasteiger partial charge >= 0.3 is 0 Å². The fourth-order valence-electron chi connectivity index (χ4n) is 1.81. The van der Waals surface area contributed by atoms with Crippen molar-refractivity contribution in [1.82, 2.24) is 20.3 Å². The average molecular weight is 271 g/mol. The van der Waals surface area contributed by atoms with Gasteiger partial charge in [0.05, 0.1) is 6.20 Å². The lowest BCUT2D eigenvalue weighted by Gasteiger charge is -2.07. The third-order valence-corrected chi connectivity index (χ3v) is 2.74. The van der Waals surface area contributed by atoms with Gasteiger partial charge in [-0.25, -0.2) is 0 Å². The molecule has 0 radical (unpaired) electrons. The van der Waals surface area contributed by atoms with Gasteiger partial charge in [-0.1, -0.05) is 17.3 Å². The molecule has 0 fully saturated rings. The summed E-state index contributed by atoms with van der Waals surface area (Å²) in [6.07, 6.45) is 4.53. The minimum atomic E-state index is 0.0782. The Balaban J connectivity index is 1.67. The first-order valence-corrected chi connectivity index (χ1v) is 6.52. The minimum Gasteiger partial charge on any atom is -0.479 e. The second-order valence-corrected chi connectivity index (χ2v) is 4.29. The molecule has 0 amide bonds. The van der Waals surface area contributed by atoms with Crippen LogP contribution in [-0.2, 0) is 13.1 Å². The molecule has 0 saturated carbocycles. The Morgan fingerprint density at radius 2 is 2.35 bits per heavy atom. The van der Waals surface area contributed by atoms with Gasteiger partial charge in [-0.05, 0) is 30.7 Å². The molecule has 1 aromatic carbocycles. The summed E-state index contributed by atoms with van der Waals surface area (Å²) < 4.78 is 7.08. The van der Waals surface area contributed by atoms with E-state index in [1.807, 2.05) is 41.2 Å². The highest BCUT2D eigenvalue weighted by Crippen LogP contribution is 2.12. The molecule has 0 bridgehead atoms. The van der Waals surface area contributed by atoms with Gasteiger partial charge in [0, 0.05) is 19.3 Å². The molecule has 0 unspecified atom stereocenters. The predicted octanol–water partition coefficient (Wildman–Crippen LogP) is 1.36. The zero-order valence-electron chi connectivity index (χ0n) is 11.2. The highest BCUT2D eigenvalue weighted by Gasteiger charge is 1.97. The number of aryl methyl sites for hydroxylation is 1. The number of hydrogen-bond acceptors (Lipinski definition) is 5. The van der Waals surface area contributed by atoms with E-state index in [4.69, 9.17) is 10.00 Å². The van der Waals surface area contributed by atoms with Crippen molar-refractivity contribution in [3.63, 3.8) is 0 Å². The van der Waals surface area contributed by atoms with E-state index in [2.05, 4.69) is 15.6 Å². The molecule has 0 atom stereocenters. The van der Waals surface area contributed by atoms with Crippen LogP contribution in [0.2, 0.25) is 0 Å². The SMILES string of the molecule is N#CCOc1cccc(CNCCCn2ccnn2)c1. The Morgan fingerprint density at radius 1 is 1.40 bits per heavy atom. The topological polar surface area (TPSA) is 75.8 Å². The van der Waals surface area contributed by atoms with Gasteiger partial charge in [0.1, 0.15) is 11.8 Å². The van der Waals surface area contributed by atoms with Crippen molar-refractivity contribution in [2.75, 3.05) is 13.2 Å². The molecule has 2 rings (SSSR count). The smallest absolute Gasteiger partial charge is 0.174 e. The summed E-state index contributed by atoms with van der Waals surface area (Å²) in [4.78, 5) is 0. The molecule has 0 aliphatic rings. The molecule has 0 aliphatic heterocycles. The third-order valence-electron chi connectivity index (χ3n) is 2.74. The second-order valence-electron chi connectivity index (χ2n) is 4.29. The first kappa shape index (κ1) is 14.0. The van der Waals surface area contributed by atoms with Crippen LogP contribution in [0, 0.1) is 11.3 Å². The van der Waals surface area contributed by atoms with E-state index >= 15 is 0 Å². The van der Waals surface area contributed by atoms with Gasteiger partial charge < -0.3 is 10.1 Å². The number of ether oxygens (including phenoxy) is 1. The standard InChI is InChI=1S/C14H17N5O/c15-5-10-20-14-4-1-3-13(11-14)12-16-6-2-8-19-9-7-17-18-19/h1,3-4,7,9,11,16H,2,6,8,10,12H2. The molecule has 1 N–H and O–H groups in total. The van der Waals surface area contributed by atoms with Crippen LogP contribution in [0.25, 0.3) is 0 Å². The maximum atomic E-state index is 8.48. The molecule has 0 spiro atoms. The third kappa shape index (κ3) is 4.71. The van der Waals surface area contributed by atoms with Crippen LogP contribution in [0.4, 0.5) is 0 Å². The van der Waals surface area contributed by atoms with Gasteiger partial charge in [-0.15, -0.1) is 5.10 Å². The first-order valence-electron chi connectivity index (χ1n) is 6.52. The van der Waals surface area contributed by atoms with Gasteiger partial charge in [0.2, 0.25) is 0 Å². The lowest BCUT2D eigenvalue weighted by Crippen LogP contribution is -2.16. The van der Waals surface area contributed by atoms with E-state index in [0.29, 0.717) is 0 Å². The van der Waals surface area contributed by atoms with Crippen LogP contribution < -0.4 is 10.1 Å². The van der Waals surface area contributed by atoms with E-state index in [1.165, 1.54) is 0 Å². The van der Waals surface area contributed by atoms with Crippen LogP contribution in [0.3, 0.4) is 0 Å². The zero-order chi connectivity index (χ0) is 14.0. The summed E-state index contributed by atoms with van der Waals surface area (Å²) in [6.45, 7) is 2.62. The van der Waals surface area contributed by atoms with Gasteiger partial charge in [0.15, 0.2) is 6.61 Å². The van der Waals surface area contributed by atoms with Crippen molar-refractivity contribution >= 4 is 0 Å². The molecule has 6 nitrogen and oxygen atoms in total. The number of nitrogens with one attached hydrogen (secondary N) is 1. The first-order chi connectivity index (χ1) is 9.88. The number of nitrogens with zero attached hydrogens (tertiary/aromatic N) is 4. The van der Waals surface area contributed by atoms with Gasteiger partial charge in [-0.3, -0.25) is 4.68 Å². The number of benzene rings is 1. The molecule has 6 heteroatoms. The van der Waals surface area contributed by atoms with E-state index in [-0.39, 0.29) is 6.61 Å². The van der Waals surface area contributed by atoms with Crippen LogP contribution in [0.1, 0.15) is 12.0 Å². The normalized spacial score (nSPS) is 10.2. The monoisotopic (exact) mass is 271 g/mol.